The summed E-state index contributed by atoms with van der Waals surface area (Å²) in [7, 11) is 0. The van der Waals surface area contributed by atoms with Crippen molar-refractivity contribution in [3.8, 4) is 5.75 Å². The average Bonchev–Trinajstić information content (AvgIpc) is 2.97. The van der Waals surface area contributed by atoms with E-state index in [4.69, 9.17) is 16.3 Å². The Morgan fingerprint density at radius 1 is 0.938 bits per heavy atom. The molecule has 2 atom stereocenters. The molecule has 0 radical (unpaired) electrons. The zero-order chi connectivity index (χ0) is 22.1. The molecule has 162 valence electrons. The molecule has 1 aliphatic heterocycles. The zero-order valence-corrected chi connectivity index (χ0v) is 18.7. The molecule has 1 heterocycles. The number of Topliss-reactive ketones (excluding diaryl/α,β-unsaturated/α-hetero) is 1. The number of anilines is 2. The zero-order valence-electron chi connectivity index (χ0n) is 17.9. The lowest BCUT2D eigenvalue weighted by Gasteiger charge is -2.30. The number of fused-ring (bicyclic) bond motifs is 1. The van der Waals surface area contributed by atoms with Crippen LogP contribution in [0, 0.1) is 0 Å². The highest BCUT2D eigenvalue weighted by Crippen LogP contribution is 2.44. The predicted molar refractivity (Wildman–Crippen MR) is 129 cm³/mol. The second-order valence-electron chi connectivity index (χ2n) is 8.23. The van der Waals surface area contributed by atoms with Gasteiger partial charge in [0.25, 0.3) is 0 Å². The van der Waals surface area contributed by atoms with Crippen molar-refractivity contribution in [3.63, 3.8) is 0 Å². The Hall–Kier alpha value is -3.24. The summed E-state index contributed by atoms with van der Waals surface area (Å²) in [5, 5.41) is 7.91. The summed E-state index contributed by atoms with van der Waals surface area (Å²) in [6.07, 6.45) is 1.24. The van der Waals surface area contributed by atoms with Crippen molar-refractivity contribution in [2.75, 3.05) is 17.2 Å². The number of carbonyl (C=O) groups is 1. The Morgan fingerprint density at radius 3 is 2.50 bits per heavy atom. The van der Waals surface area contributed by atoms with Crippen molar-refractivity contribution >= 4 is 28.8 Å². The van der Waals surface area contributed by atoms with E-state index in [2.05, 4.69) is 16.7 Å². The van der Waals surface area contributed by atoms with Gasteiger partial charge < -0.3 is 15.4 Å². The van der Waals surface area contributed by atoms with Gasteiger partial charge in [-0.25, -0.2) is 0 Å². The molecule has 0 spiro atoms. The number of halogens is 1. The van der Waals surface area contributed by atoms with Crippen LogP contribution in [0.3, 0.4) is 0 Å². The van der Waals surface area contributed by atoms with Gasteiger partial charge in [-0.1, -0.05) is 48.0 Å². The minimum Gasteiger partial charge on any atom is -0.494 e. The molecular weight excluding hydrogens is 420 g/mol. The van der Waals surface area contributed by atoms with Gasteiger partial charge in [0.2, 0.25) is 0 Å². The first-order chi connectivity index (χ1) is 15.6. The molecular formula is C27H25ClN2O2. The molecule has 5 heteroatoms. The molecule has 0 unspecified atom stereocenters. The minimum atomic E-state index is -0.250. The summed E-state index contributed by atoms with van der Waals surface area (Å²) in [4.78, 5) is 13.6. The molecule has 0 saturated carbocycles. The van der Waals surface area contributed by atoms with Gasteiger partial charge in [0.05, 0.1) is 24.0 Å². The van der Waals surface area contributed by atoms with E-state index in [0.717, 1.165) is 45.9 Å². The summed E-state index contributed by atoms with van der Waals surface area (Å²) in [6, 6.07) is 23.7. The molecule has 0 fully saturated rings. The summed E-state index contributed by atoms with van der Waals surface area (Å²) in [5.74, 6) is 1.08. The number of nitrogens with one attached hydrogen (secondary N) is 2. The van der Waals surface area contributed by atoms with Gasteiger partial charge in [-0.15, -0.1) is 0 Å². The van der Waals surface area contributed by atoms with Gasteiger partial charge >= 0.3 is 0 Å². The summed E-state index contributed by atoms with van der Waals surface area (Å²) in [6.45, 7) is 2.57. The lowest BCUT2D eigenvalue weighted by molar-refractivity contribution is -0.116. The lowest BCUT2D eigenvalue weighted by atomic mass is 9.78. The number of para-hydroxylation sites is 2. The van der Waals surface area contributed by atoms with Gasteiger partial charge in [0.15, 0.2) is 5.78 Å². The number of hydrogen-bond acceptors (Lipinski definition) is 4. The van der Waals surface area contributed by atoms with Crippen molar-refractivity contribution < 1.29 is 9.53 Å². The van der Waals surface area contributed by atoms with E-state index in [1.165, 1.54) is 0 Å². The Balaban J connectivity index is 1.59. The quantitative estimate of drug-likeness (QED) is 0.469. The third kappa shape index (κ3) is 3.98. The summed E-state index contributed by atoms with van der Waals surface area (Å²) >= 11 is 6.08. The number of carbonyl (C=O) groups excluding carboxylic acids is 1. The molecule has 1 aliphatic carbocycles. The number of benzene rings is 3. The largest absolute Gasteiger partial charge is 0.494 e. The van der Waals surface area contributed by atoms with E-state index in [-0.39, 0.29) is 17.7 Å². The van der Waals surface area contributed by atoms with Crippen molar-refractivity contribution in [2.24, 2.45) is 0 Å². The van der Waals surface area contributed by atoms with Crippen molar-refractivity contribution in [2.45, 2.75) is 31.7 Å². The average molecular weight is 445 g/mol. The van der Waals surface area contributed by atoms with Crippen molar-refractivity contribution in [1.29, 1.82) is 0 Å². The Labute approximate surface area is 193 Å². The van der Waals surface area contributed by atoms with Crippen LogP contribution in [0.5, 0.6) is 5.75 Å². The first-order valence-corrected chi connectivity index (χ1v) is 11.4. The van der Waals surface area contributed by atoms with Gasteiger partial charge in [-0.2, -0.15) is 0 Å². The second-order valence-corrected chi connectivity index (χ2v) is 8.66. The van der Waals surface area contributed by atoms with E-state index in [1.54, 1.807) is 0 Å². The Morgan fingerprint density at radius 2 is 1.72 bits per heavy atom. The van der Waals surface area contributed by atoms with E-state index in [9.17, 15) is 4.79 Å². The molecule has 5 rings (SSSR count). The van der Waals surface area contributed by atoms with Gasteiger partial charge in [-0.3, -0.25) is 4.79 Å². The van der Waals surface area contributed by atoms with Gasteiger partial charge in [0, 0.05) is 22.7 Å². The fourth-order valence-electron chi connectivity index (χ4n) is 4.66. The molecule has 0 saturated heterocycles. The SMILES string of the molecule is CCOc1cccc([C@H]2Nc3ccccc3NC3=C2C(=O)C[C@H](c2ccc(Cl)cc2)C3)c1. The number of rotatable bonds is 4. The van der Waals surface area contributed by atoms with Gasteiger partial charge in [-0.05, 0) is 66.8 Å². The normalized spacial score (nSPS) is 19.9. The molecule has 2 N–H and O–H groups in total. The van der Waals surface area contributed by atoms with Crippen LogP contribution >= 0.6 is 11.6 Å². The Bertz CT molecular complexity index is 1190. The fourth-order valence-corrected chi connectivity index (χ4v) is 4.79. The monoisotopic (exact) mass is 444 g/mol. The van der Waals surface area contributed by atoms with Gasteiger partial charge in [0.1, 0.15) is 5.75 Å². The molecule has 0 bridgehead atoms. The second kappa shape index (κ2) is 8.71. The predicted octanol–water partition coefficient (Wildman–Crippen LogP) is 6.72. The highest BCUT2D eigenvalue weighted by molar-refractivity contribution is 6.30. The third-order valence-electron chi connectivity index (χ3n) is 6.15. The summed E-state index contributed by atoms with van der Waals surface area (Å²) in [5.41, 5.74) is 5.89. The van der Waals surface area contributed by atoms with Crippen LogP contribution in [0.2, 0.25) is 5.02 Å². The molecule has 32 heavy (non-hydrogen) atoms. The maximum atomic E-state index is 13.6. The van der Waals surface area contributed by atoms with E-state index in [0.29, 0.717) is 18.1 Å². The third-order valence-corrected chi connectivity index (χ3v) is 6.40. The van der Waals surface area contributed by atoms with Crippen LogP contribution in [0.1, 0.15) is 42.9 Å². The van der Waals surface area contributed by atoms with Crippen LogP contribution in [-0.4, -0.2) is 12.4 Å². The topological polar surface area (TPSA) is 50.4 Å². The molecule has 2 aliphatic rings. The van der Waals surface area contributed by atoms with E-state index < -0.39 is 0 Å². The number of ketones is 1. The maximum absolute atomic E-state index is 13.6. The highest BCUT2D eigenvalue weighted by Gasteiger charge is 2.36. The summed E-state index contributed by atoms with van der Waals surface area (Å²) < 4.78 is 5.73. The van der Waals surface area contributed by atoms with Crippen LogP contribution < -0.4 is 15.4 Å². The van der Waals surface area contributed by atoms with Crippen LogP contribution in [-0.2, 0) is 4.79 Å². The maximum Gasteiger partial charge on any atom is 0.163 e. The minimum absolute atomic E-state index is 0.117. The van der Waals surface area contributed by atoms with Crippen LogP contribution in [0.4, 0.5) is 11.4 Å². The number of allylic oxidation sites excluding steroid dienone is 1. The van der Waals surface area contributed by atoms with Crippen LogP contribution in [0.15, 0.2) is 84.1 Å². The smallest absolute Gasteiger partial charge is 0.163 e. The molecule has 3 aromatic carbocycles. The molecule has 0 aromatic heterocycles. The lowest BCUT2D eigenvalue weighted by Crippen LogP contribution is -2.26. The Kier molecular flexibility index (Phi) is 5.62. The highest BCUT2D eigenvalue weighted by atomic mass is 35.5. The molecule has 0 amide bonds. The van der Waals surface area contributed by atoms with Crippen molar-refractivity contribution in [1.82, 2.24) is 0 Å². The van der Waals surface area contributed by atoms with Crippen LogP contribution in [0.25, 0.3) is 0 Å². The first-order valence-electron chi connectivity index (χ1n) is 11.0. The molecule has 3 aromatic rings. The standard InChI is InChI=1S/C27H25ClN2O2/c1-2-32-21-7-5-6-18(14-21)27-26-24(29-22-8-3-4-9-23(22)30-27)15-19(16-25(26)31)17-10-12-20(28)13-11-17/h3-14,19,27,29-30H,2,15-16H2,1H3/t19-,27-/m1/s1. The van der Waals surface area contributed by atoms with E-state index >= 15 is 0 Å². The first kappa shape index (κ1) is 20.7. The molecule has 4 nitrogen and oxygen atoms in total. The number of ether oxygens (including phenoxy) is 1. The van der Waals surface area contributed by atoms with E-state index in [1.807, 2.05) is 73.7 Å². The fraction of sp³-hybridized carbons (Fsp3) is 0.222. The van der Waals surface area contributed by atoms with Crippen molar-refractivity contribution in [3.05, 3.63) is 100 Å². The number of hydrogen-bond donors (Lipinski definition) is 2.